The number of oxazole rings is 1. The summed E-state index contributed by atoms with van der Waals surface area (Å²) in [6.07, 6.45) is 0. The second-order valence-corrected chi connectivity index (χ2v) is 9.89. The molecule has 31 heavy (non-hydrogen) atoms. The van der Waals surface area contributed by atoms with Crippen LogP contribution in [0.1, 0.15) is 11.5 Å². The molecule has 5 rings (SSSR count). The Hall–Kier alpha value is -2.66. The van der Waals surface area contributed by atoms with Gasteiger partial charge in [0.15, 0.2) is 0 Å². The van der Waals surface area contributed by atoms with Crippen LogP contribution in [0.4, 0.5) is 0 Å². The first-order valence-corrected chi connectivity index (χ1v) is 12.1. The molecule has 1 aliphatic heterocycles. The highest BCUT2D eigenvalue weighted by molar-refractivity contribution is 7.89. The van der Waals surface area contributed by atoms with Crippen LogP contribution in [0.25, 0.3) is 22.5 Å². The van der Waals surface area contributed by atoms with Gasteiger partial charge in [-0.05, 0) is 31.2 Å². The molecular weight excluding hydrogens is 434 g/mol. The molecule has 0 radical (unpaired) electrons. The van der Waals surface area contributed by atoms with E-state index < -0.39 is 10.0 Å². The van der Waals surface area contributed by atoms with Crippen molar-refractivity contribution in [1.82, 2.24) is 22.9 Å². The summed E-state index contributed by atoms with van der Waals surface area (Å²) >= 11 is 1.03. The Morgan fingerprint density at radius 1 is 1.00 bits per heavy atom. The lowest BCUT2D eigenvalue weighted by atomic mass is 10.2. The van der Waals surface area contributed by atoms with Crippen molar-refractivity contribution in [3.63, 3.8) is 0 Å². The van der Waals surface area contributed by atoms with Gasteiger partial charge in [-0.15, -0.1) is 0 Å². The van der Waals surface area contributed by atoms with Gasteiger partial charge in [-0.2, -0.15) is 13.1 Å². The Morgan fingerprint density at radius 3 is 2.55 bits per heavy atom. The van der Waals surface area contributed by atoms with Crippen molar-refractivity contribution < 1.29 is 12.8 Å². The summed E-state index contributed by atoms with van der Waals surface area (Å²) < 4.78 is 42.1. The molecular formula is C21H21N5O3S2. The Bertz CT molecular complexity index is 1310. The summed E-state index contributed by atoms with van der Waals surface area (Å²) in [4.78, 5) is 7.10. The van der Waals surface area contributed by atoms with Crippen molar-refractivity contribution in [2.75, 3.05) is 26.2 Å². The molecule has 0 spiro atoms. The van der Waals surface area contributed by atoms with Crippen molar-refractivity contribution in [1.29, 1.82) is 0 Å². The van der Waals surface area contributed by atoms with Crippen LogP contribution in [-0.2, 0) is 16.6 Å². The van der Waals surface area contributed by atoms with Gasteiger partial charge in [-0.3, -0.25) is 4.90 Å². The molecule has 0 atom stereocenters. The zero-order chi connectivity index (χ0) is 21.4. The number of rotatable bonds is 5. The van der Waals surface area contributed by atoms with Gasteiger partial charge in [0.25, 0.3) is 0 Å². The molecule has 0 amide bonds. The van der Waals surface area contributed by atoms with Crippen LogP contribution in [0.2, 0.25) is 0 Å². The quantitative estimate of drug-likeness (QED) is 0.456. The average Bonchev–Trinajstić information content (AvgIpc) is 3.41. The molecule has 3 heterocycles. The summed E-state index contributed by atoms with van der Waals surface area (Å²) in [6, 6.07) is 14.9. The number of benzene rings is 2. The first kappa shape index (κ1) is 20.3. The van der Waals surface area contributed by atoms with Gasteiger partial charge in [0.2, 0.25) is 15.9 Å². The van der Waals surface area contributed by atoms with E-state index in [1.807, 2.05) is 37.3 Å². The second-order valence-electron chi connectivity index (χ2n) is 7.46. The van der Waals surface area contributed by atoms with Crippen LogP contribution in [0.3, 0.4) is 0 Å². The fraction of sp³-hybridized carbons (Fsp3) is 0.286. The number of sulfonamides is 1. The highest BCUT2D eigenvalue weighted by Gasteiger charge is 2.31. The second kappa shape index (κ2) is 8.12. The number of hydrogen-bond donors (Lipinski definition) is 0. The van der Waals surface area contributed by atoms with Gasteiger partial charge in [0.05, 0.1) is 17.4 Å². The standard InChI is InChI=1S/C21H21N5O3S2/c1-15-18(22-21(29-15)16-6-3-2-4-7-16)14-25-10-12-26(13-11-25)31(27,28)19-9-5-8-17-20(19)24-30-23-17/h2-9H,10-14H2,1H3. The monoisotopic (exact) mass is 455 g/mol. The Labute approximate surface area is 184 Å². The summed E-state index contributed by atoms with van der Waals surface area (Å²) in [7, 11) is -3.62. The predicted octanol–water partition coefficient (Wildman–Crippen LogP) is 3.16. The van der Waals surface area contributed by atoms with Crippen molar-refractivity contribution >= 4 is 32.8 Å². The molecule has 0 N–H and O–H groups in total. The van der Waals surface area contributed by atoms with E-state index in [1.165, 1.54) is 4.31 Å². The Balaban J connectivity index is 1.28. The largest absolute Gasteiger partial charge is 0.441 e. The van der Waals surface area contributed by atoms with Crippen molar-refractivity contribution in [2.45, 2.75) is 18.4 Å². The average molecular weight is 456 g/mol. The van der Waals surface area contributed by atoms with E-state index >= 15 is 0 Å². The van der Waals surface area contributed by atoms with Crippen molar-refractivity contribution in [3.8, 4) is 11.5 Å². The molecule has 1 fully saturated rings. The smallest absolute Gasteiger partial charge is 0.245 e. The Kier molecular flexibility index (Phi) is 5.30. The predicted molar refractivity (Wildman–Crippen MR) is 118 cm³/mol. The number of aromatic nitrogens is 3. The highest BCUT2D eigenvalue weighted by atomic mass is 32.2. The van der Waals surface area contributed by atoms with Gasteiger partial charge in [0, 0.05) is 38.3 Å². The number of fused-ring (bicyclic) bond motifs is 1. The minimum atomic E-state index is -3.62. The van der Waals surface area contributed by atoms with Crippen LogP contribution in [0.5, 0.6) is 0 Å². The summed E-state index contributed by atoms with van der Waals surface area (Å²) in [5, 5.41) is 0. The molecule has 160 valence electrons. The van der Waals surface area contributed by atoms with Gasteiger partial charge in [-0.1, -0.05) is 24.3 Å². The molecule has 1 saturated heterocycles. The van der Waals surface area contributed by atoms with Crippen LogP contribution >= 0.6 is 11.7 Å². The van der Waals surface area contributed by atoms with Gasteiger partial charge in [0.1, 0.15) is 21.7 Å². The Morgan fingerprint density at radius 2 is 1.77 bits per heavy atom. The first-order chi connectivity index (χ1) is 15.0. The maximum absolute atomic E-state index is 13.2. The number of aryl methyl sites for hydroxylation is 1. The van der Waals surface area contributed by atoms with Crippen LogP contribution < -0.4 is 0 Å². The fourth-order valence-electron chi connectivity index (χ4n) is 3.75. The van der Waals surface area contributed by atoms with Gasteiger partial charge in [-0.25, -0.2) is 13.4 Å². The molecule has 0 saturated carbocycles. The molecule has 2 aromatic heterocycles. The number of nitrogens with zero attached hydrogens (tertiary/aromatic N) is 5. The number of hydrogen-bond acceptors (Lipinski definition) is 8. The first-order valence-electron chi connectivity index (χ1n) is 9.98. The summed E-state index contributed by atoms with van der Waals surface area (Å²) in [6.45, 7) is 4.62. The van der Waals surface area contributed by atoms with Gasteiger partial charge >= 0.3 is 0 Å². The van der Waals surface area contributed by atoms with E-state index in [1.54, 1.807) is 18.2 Å². The maximum atomic E-state index is 13.2. The van der Waals surface area contributed by atoms with E-state index in [0.717, 1.165) is 28.7 Å². The van der Waals surface area contributed by atoms with E-state index in [2.05, 4.69) is 18.6 Å². The molecule has 0 aliphatic carbocycles. The lowest BCUT2D eigenvalue weighted by Crippen LogP contribution is -2.48. The normalized spacial score (nSPS) is 16.2. The van der Waals surface area contributed by atoms with Crippen molar-refractivity contribution in [2.24, 2.45) is 0 Å². The van der Waals surface area contributed by atoms with Crippen LogP contribution in [0.15, 0.2) is 57.8 Å². The number of piperazine rings is 1. The molecule has 4 aromatic rings. The van der Waals surface area contributed by atoms with E-state index in [-0.39, 0.29) is 4.90 Å². The van der Waals surface area contributed by atoms with Gasteiger partial charge < -0.3 is 4.42 Å². The lowest BCUT2D eigenvalue weighted by Gasteiger charge is -2.33. The fourth-order valence-corrected chi connectivity index (χ4v) is 5.92. The maximum Gasteiger partial charge on any atom is 0.245 e. The highest BCUT2D eigenvalue weighted by Crippen LogP contribution is 2.26. The molecule has 0 unspecified atom stereocenters. The van der Waals surface area contributed by atoms with Crippen molar-refractivity contribution in [3.05, 3.63) is 60.0 Å². The zero-order valence-electron chi connectivity index (χ0n) is 16.9. The summed E-state index contributed by atoms with van der Waals surface area (Å²) in [5.74, 6) is 1.40. The van der Waals surface area contributed by atoms with Crippen LogP contribution in [0, 0.1) is 6.92 Å². The minimum Gasteiger partial charge on any atom is -0.441 e. The minimum absolute atomic E-state index is 0.229. The summed E-state index contributed by atoms with van der Waals surface area (Å²) in [5.41, 5.74) is 2.88. The van der Waals surface area contributed by atoms with E-state index in [0.29, 0.717) is 49.6 Å². The van der Waals surface area contributed by atoms with Crippen LogP contribution in [-0.4, -0.2) is 57.5 Å². The van der Waals surface area contributed by atoms with E-state index in [9.17, 15) is 8.42 Å². The molecule has 2 aromatic carbocycles. The third kappa shape index (κ3) is 3.87. The third-order valence-electron chi connectivity index (χ3n) is 5.48. The zero-order valence-corrected chi connectivity index (χ0v) is 18.6. The third-order valence-corrected chi connectivity index (χ3v) is 7.96. The lowest BCUT2D eigenvalue weighted by molar-refractivity contribution is 0.179. The molecule has 10 heteroatoms. The molecule has 8 nitrogen and oxygen atoms in total. The van der Waals surface area contributed by atoms with E-state index in [4.69, 9.17) is 4.42 Å². The molecule has 1 aliphatic rings. The molecule has 0 bridgehead atoms. The SMILES string of the molecule is Cc1oc(-c2ccccc2)nc1CN1CCN(S(=O)(=O)c2cccc3nsnc23)CC1. The topological polar surface area (TPSA) is 92.4 Å².